The standard InChI is InChI=1S/C30H41N7O4/c1-30(2,3)41-29(39)31-14-6-4-5-12-25(38)36-16-13-21-9-7-11-24(23(21)17-36)40-18-22-10-8-15-37(22)28-26-27(33-19-32-26)34-20-35-28/h7,9,11,19-20,22H,4-6,8,10,12-18H2,1-3H3,(H,31,39)(H,32,33,34,35). The number of amides is 2. The van der Waals surface area contributed by atoms with Crippen LogP contribution in [-0.4, -0.2) is 74.7 Å². The summed E-state index contributed by atoms with van der Waals surface area (Å²) >= 11 is 0. The fourth-order valence-electron chi connectivity index (χ4n) is 5.58. The van der Waals surface area contributed by atoms with Crippen molar-refractivity contribution in [3.05, 3.63) is 42.0 Å². The number of carbonyl (C=O) groups excluding carboxylic acids is 2. The van der Waals surface area contributed by atoms with Crippen LogP contribution in [0, 0.1) is 0 Å². The molecule has 1 aromatic carbocycles. The molecule has 2 aliphatic heterocycles. The van der Waals surface area contributed by atoms with Crippen molar-refractivity contribution in [3.63, 3.8) is 0 Å². The SMILES string of the molecule is CC(C)(C)OC(=O)NCCCCCC(=O)N1CCc2cccc(OCC3CCCN3c3ncnc4nc[nH]c34)c2C1. The second kappa shape index (κ2) is 12.7. The smallest absolute Gasteiger partial charge is 0.407 e. The van der Waals surface area contributed by atoms with E-state index in [0.29, 0.717) is 31.8 Å². The number of benzene rings is 1. The van der Waals surface area contributed by atoms with Crippen LogP contribution in [-0.2, 0) is 22.5 Å². The van der Waals surface area contributed by atoms with Crippen molar-refractivity contribution in [1.29, 1.82) is 0 Å². The Hall–Kier alpha value is -3.89. The van der Waals surface area contributed by atoms with Gasteiger partial charge in [-0.15, -0.1) is 0 Å². The van der Waals surface area contributed by atoms with Crippen LogP contribution in [0.5, 0.6) is 5.75 Å². The minimum atomic E-state index is -0.504. The minimum Gasteiger partial charge on any atom is -0.491 e. The van der Waals surface area contributed by atoms with Gasteiger partial charge in [0.05, 0.1) is 12.4 Å². The Labute approximate surface area is 241 Å². The third-order valence-electron chi connectivity index (χ3n) is 7.60. The van der Waals surface area contributed by atoms with E-state index in [4.69, 9.17) is 9.47 Å². The van der Waals surface area contributed by atoms with Gasteiger partial charge in [-0.25, -0.2) is 19.7 Å². The van der Waals surface area contributed by atoms with Crippen LogP contribution in [0.4, 0.5) is 10.6 Å². The lowest BCUT2D eigenvalue weighted by atomic mass is 9.98. The molecule has 2 N–H and O–H groups in total. The molecule has 4 heterocycles. The van der Waals surface area contributed by atoms with E-state index in [-0.39, 0.29) is 11.9 Å². The molecule has 1 unspecified atom stereocenters. The van der Waals surface area contributed by atoms with Crippen molar-refractivity contribution >= 4 is 29.0 Å². The first-order valence-corrected chi connectivity index (χ1v) is 14.7. The topological polar surface area (TPSA) is 126 Å². The first-order valence-electron chi connectivity index (χ1n) is 14.7. The number of hydrogen-bond acceptors (Lipinski definition) is 8. The number of anilines is 1. The van der Waals surface area contributed by atoms with Gasteiger partial charge >= 0.3 is 6.09 Å². The summed E-state index contributed by atoms with van der Waals surface area (Å²) in [6, 6.07) is 6.39. The molecule has 2 aromatic heterocycles. The number of nitrogens with one attached hydrogen (secondary N) is 2. The highest BCUT2D eigenvalue weighted by molar-refractivity contribution is 5.83. The molecular weight excluding hydrogens is 522 g/mol. The molecule has 11 heteroatoms. The number of imidazole rings is 1. The van der Waals surface area contributed by atoms with Gasteiger partial charge in [0.15, 0.2) is 11.5 Å². The molecule has 2 amide bonds. The highest BCUT2D eigenvalue weighted by Crippen LogP contribution is 2.31. The molecule has 11 nitrogen and oxygen atoms in total. The van der Waals surface area contributed by atoms with Crippen molar-refractivity contribution in [2.45, 2.75) is 83.9 Å². The lowest BCUT2D eigenvalue weighted by Crippen LogP contribution is -2.37. The molecule has 0 bridgehead atoms. The van der Waals surface area contributed by atoms with Gasteiger partial charge in [0.2, 0.25) is 5.91 Å². The van der Waals surface area contributed by atoms with Gasteiger partial charge < -0.3 is 29.6 Å². The third-order valence-corrected chi connectivity index (χ3v) is 7.60. The van der Waals surface area contributed by atoms with Crippen LogP contribution in [0.3, 0.4) is 0 Å². The van der Waals surface area contributed by atoms with Gasteiger partial charge in [0.25, 0.3) is 0 Å². The van der Waals surface area contributed by atoms with Gasteiger partial charge in [-0.3, -0.25) is 4.79 Å². The van der Waals surface area contributed by atoms with Crippen LogP contribution >= 0.6 is 0 Å². The average Bonchev–Trinajstić information content (AvgIpc) is 3.62. The lowest BCUT2D eigenvalue weighted by Gasteiger charge is -2.31. The Morgan fingerprint density at radius 3 is 2.85 bits per heavy atom. The predicted molar refractivity (Wildman–Crippen MR) is 156 cm³/mol. The normalized spacial score (nSPS) is 17.0. The highest BCUT2D eigenvalue weighted by atomic mass is 16.6. The van der Waals surface area contributed by atoms with Crippen LogP contribution in [0.2, 0.25) is 0 Å². The summed E-state index contributed by atoms with van der Waals surface area (Å²) in [5.41, 5.74) is 3.37. The molecule has 1 saturated heterocycles. The number of nitrogens with zero attached hydrogens (tertiary/aromatic N) is 5. The fourth-order valence-corrected chi connectivity index (χ4v) is 5.58. The highest BCUT2D eigenvalue weighted by Gasteiger charge is 2.29. The first kappa shape index (κ1) is 28.6. The summed E-state index contributed by atoms with van der Waals surface area (Å²) in [5, 5.41) is 2.77. The summed E-state index contributed by atoms with van der Waals surface area (Å²) in [6.45, 7) is 8.82. The second-order valence-electron chi connectivity index (χ2n) is 11.8. The van der Waals surface area contributed by atoms with Crippen molar-refractivity contribution in [2.75, 3.05) is 31.1 Å². The van der Waals surface area contributed by atoms with Crippen LogP contribution in [0.15, 0.2) is 30.9 Å². The van der Waals surface area contributed by atoms with Gasteiger partial charge in [0.1, 0.15) is 29.8 Å². The Morgan fingerprint density at radius 2 is 2.00 bits per heavy atom. The number of alkyl carbamates (subject to hydrolysis) is 1. The maximum atomic E-state index is 13.0. The van der Waals surface area contributed by atoms with Gasteiger partial charge in [-0.1, -0.05) is 18.6 Å². The van der Waals surface area contributed by atoms with Crippen LogP contribution < -0.4 is 15.0 Å². The molecule has 3 aromatic rings. The van der Waals surface area contributed by atoms with E-state index in [0.717, 1.165) is 74.3 Å². The molecule has 1 fully saturated rings. The zero-order valence-corrected chi connectivity index (χ0v) is 24.3. The molecule has 1 atom stereocenters. The zero-order valence-electron chi connectivity index (χ0n) is 24.3. The van der Waals surface area contributed by atoms with E-state index in [1.54, 1.807) is 12.7 Å². The summed E-state index contributed by atoms with van der Waals surface area (Å²) in [5.74, 6) is 1.89. The Kier molecular flexibility index (Phi) is 8.90. The zero-order chi connectivity index (χ0) is 28.8. The largest absolute Gasteiger partial charge is 0.491 e. The lowest BCUT2D eigenvalue weighted by molar-refractivity contribution is -0.132. The van der Waals surface area contributed by atoms with Crippen molar-refractivity contribution < 1.29 is 19.1 Å². The number of ether oxygens (including phenoxy) is 2. The molecular formula is C30H41N7O4. The van der Waals surface area contributed by atoms with E-state index in [9.17, 15) is 9.59 Å². The molecule has 0 radical (unpaired) electrons. The maximum Gasteiger partial charge on any atom is 0.407 e. The van der Waals surface area contributed by atoms with Crippen LogP contribution in [0.1, 0.15) is 70.4 Å². The fraction of sp³-hybridized carbons (Fsp3) is 0.567. The number of aromatic amines is 1. The van der Waals surface area contributed by atoms with Crippen molar-refractivity contribution in [3.8, 4) is 5.75 Å². The van der Waals surface area contributed by atoms with E-state index in [1.165, 1.54) is 5.56 Å². The summed E-state index contributed by atoms with van der Waals surface area (Å²) in [6.07, 6.45) is 8.71. The van der Waals surface area contributed by atoms with Gasteiger partial charge in [-0.2, -0.15) is 0 Å². The number of hydrogen-bond donors (Lipinski definition) is 2. The van der Waals surface area contributed by atoms with Gasteiger partial charge in [0, 0.05) is 38.2 Å². The van der Waals surface area contributed by atoms with E-state index in [2.05, 4.69) is 36.2 Å². The molecule has 220 valence electrons. The predicted octanol–water partition coefficient (Wildman–Crippen LogP) is 4.37. The van der Waals surface area contributed by atoms with Gasteiger partial charge in [-0.05, 0) is 64.5 Å². The molecule has 2 aliphatic rings. The molecule has 0 saturated carbocycles. The first-order chi connectivity index (χ1) is 19.8. The summed E-state index contributed by atoms with van der Waals surface area (Å²) < 4.78 is 11.7. The summed E-state index contributed by atoms with van der Waals surface area (Å²) in [7, 11) is 0. The van der Waals surface area contributed by atoms with Crippen LogP contribution in [0.25, 0.3) is 11.2 Å². The maximum absolute atomic E-state index is 13.0. The number of carbonyl (C=O) groups is 2. The van der Waals surface area contributed by atoms with Crippen molar-refractivity contribution in [2.24, 2.45) is 0 Å². The van der Waals surface area contributed by atoms with Crippen molar-refractivity contribution in [1.82, 2.24) is 30.2 Å². The molecule has 0 spiro atoms. The third kappa shape index (κ3) is 7.25. The van der Waals surface area contributed by atoms with E-state index in [1.807, 2.05) is 37.8 Å². The Balaban J connectivity index is 1.11. The van der Waals surface area contributed by atoms with E-state index >= 15 is 0 Å². The number of H-pyrrole nitrogens is 1. The number of unbranched alkanes of at least 4 members (excludes halogenated alkanes) is 2. The average molecular weight is 564 g/mol. The second-order valence-corrected chi connectivity index (χ2v) is 11.8. The molecule has 5 rings (SSSR count). The minimum absolute atomic E-state index is 0.167. The number of aromatic nitrogens is 4. The number of rotatable bonds is 10. The Morgan fingerprint density at radius 1 is 1.12 bits per heavy atom. The van der Waals surface area contributed by atoms with E-state index < -0.39 is 11.7 Å². The molecule has 0 aliphatic carbocycles. The quantitative estimate of drug-likeness (QED) is 0.349. The molecule has 41 heavy (non-hydrogen) atoms. The monoisotopic (exact) mass is 563 g/mol. The Bertz CT molecular complexity index is 1350. The summed E-state index contributed by atoms with van der Waals surface area (Å²) in [4.78, 5) is 45.3. The number of fused-ring (bicyclic) bond motifs is 2.